The topological polar surface area (TPSA) is 81.9 Å². The van der Waals surface area contributed by atoms with Crippen LogP contribution in [0.15, 0.2) is 42.5 Å². The lowest BCUT2D eigenvalue weighted by Crippen LogP contribution is -2.07. The van der Waals surface area contributed by atoms with E-state index < -0.39 is 10.7 Å². The van der Waals surface area contributed by atoms with E-state index in [2.05, 4.69) is 0 Å². The quantitative estimate of drug-likeness (QED) is 0.326. The number of benzene rings is 2. The van der Waals surface area contributed by atoms with E-state index in [1.807, 2.05) is 43.3 Å². The molecule has 0 spiro atoms. The minimum absolute atomic E-state index is 0.0613. The van der Waals surface area contributed by atoms with Crippen molar-refractivity contribution in [3.05, 3.63) is 63.7 Å². The zero-order chi connectivity index (χ0) is 19.3. The Morgan fingerprint density at radius 2 is 1.65 bits per heavy atom. The first-order valence-corrected chi connectivity index (χ1v) is 7.77. The molecule has 0 unspecified atom stereocenters. The van der Waals surface area contributed by atoms with Crippen molar-refractivity contribution in [2.75, 3.05) is 33.2 Å². The Labute approximate surface area is 151 Å². The van der Waals surface area contributed by atoms with Gasteiger partial charge in [-0.2, -0.15) is 0 Å². The number of hydrogen-bond acceptors (Lipinski definition) is 6. The second-order valence-electron chi connectivity index (χ2n) is 5.66. The van der Waals surface area contributed by atoms with Crippen molar-refractivity contribution in [2.24, 2.45) is 0 Å². The van der Waals surface area contributed by atoms with E-state index in [4.69, 9.17) is 9.47 Å². The van der Waals surface area contributed by atoms with E-state index in [0.29, 0.717) is 0 Å². The van der Waals surface area contributed by atoms with Gasteiger partial charge < -0.3 is 14.4 Å². The molecule has 0 fully saturated rings. The SMILES string of the molecule is COc1cc(C(=O)/C=C/c2ccc(N(C)C)cc2)c([N+](=O)[O-])cc1OC. The minimum Gasteiger partial charge on any atom is -0.493 e. The smallest absolute Gasteiger partial charge is 0.284 e. The molecule has 7 heteroatoms. The minimum atomic E-state index is -0.616. The van der Waals surface area contributed by atoms with E-state index in [-0.39, 0.29) is 22.7 Å². The summed E-state index contributed by atoms with van der Waals surface area (Å²) in [5.41, 5.74) is 1.45. The van der Waals surface area contributed by atoms with E-state index >= 15 is 0 Å². The van der Waals surface area contributed by atoms with Crippen LogP contribution in [0.3, 0.4) is 0 Å². The molecule has 0 saturated heterocycles. The van der Waals surface area contributed by atoms with Crippen molar-refractivity contribution in [1.29, 1.82) is 0 Å². The molecule has 0 N–H and O–H groups in total. The molecule has 0 aliphatic heterocycles. The molecule has 0 amide bonds. The second kappa shape index (κ2) is 8.15. The highest BCUT2D eigenvalue weighted by atomic mass is 16.6. The van der Waals surface area contributed by atoms with Gasteiger partial charge in [-0.1, -0.05) is 18.2 Å². The molecule has 2 aromatic carbocycles. The van der Waals surface area contributed by atoms with Crippen LogP contribution >= 0.6 is 0 Å². The molecule has 0 bridgehead atoms. The molecule has 0 heterocycles. The van der Waals surface area contributed by atoms with Crippen LogP contribution in [0.1, 0.15) is 15.9 Å². The number of nitro groups is 1. The lowest BCUT2D eigenvalue weighted by molar-refractivity contribution is -0.385. The number of allylic oxidation sites excluding steroid dienone is 1. The van der Waals surface area contributed by atoms with Crippen LogP contribution in [-0.2, 0) is 0 Å². The fourth-order valence-corrected chi connectivity index (χ4v) is 2.36. The van der Waals surface area contributed by atoms with Crippen molar-refractivity contribution in [2.45, 2.75) is 0 Å². The largest absolute Gasteiger partial charge is 0.493 e. The number of carbonyl (C=O) groups is 1. The number of carbonyl (C=O) groups excluding carboxylic acids is 1. The van der Waals surface area contributed by atoms with E-state index in [9.17, 15) is 14.9 Å². The summed E-state index contributed by atoms with van der Waals surface area (Å²) >= 11 is 0. The number of anilines is 1. The van der Waals surface area contributed by atoms with Gasteiger partial charge in [0.2, 0.25) is 0 Å². The van der Waals surface area contributed by atoms with Crippen LogP contribution in [0, 0.1) is 10.1 Å². The van der Waals surface area contributed by atoms with Crippen molar-refractivity contribution in [3.8, 4) is 11.5 Å². The molecule has 26 heavy (non-hydrogen) atoms. The summed E-state index contributed by atoms with van der Waals surface area (Å²) in [6, 6.07) is 10.1. The summed E-state index contributed by atoms with van der Waals surface area (Å²) in [7, 11) is 6.65. The number of nitro benzene ring substituents is 1. The Hall–Kier alpha value is -3.35. The Kier molecular flexibility index (Phi) is 5.95. The van der Waals surface area contributed by atoms with Gasteiger partial charge in [0.15, 0.2) is 17.3 Å². The van der Waals surface area contributed by atoms with Crippen molar-refractivity contribution in [3.63, 3.8) is 0 Å². The number of hydrogen-bond donors (Lipinski definition) is 0. The number of methoxy groups -OCH3 is 2. The maximum absolute atomic E-state index is 12.5. The highest BCUT2D eigenvalue weighted by molar-refractivity contribution is 6.10. The first-order chi connectivity index (χ1) is 12.4. The predicted octanol–water partition coefficient (Wildman–Crippen LogP) is 3.57. The van der Waals surface area contributed by atoms with Gasteiger partial charge in [0.25, 0.3) is 5.69 Å². The van der Waals surface area contributed by atoms with Crippen LogP contribution < -0.4 is 14.4 Å². The normalized spacial score (nSPS) is 10.6. The molecule has 0 radical (unpaired) electrons. The summed E-state index contributed by atoms with van der Waals surface area (Å²) in [5, 5.41) is 11.3. The third-order valence-corrected chi connectivity index (χ3v) is 3.80. The molecule has 0 atom stereocenters. The fraction of sp³-hybridized carbons (Fsp3) is 0.211. The molecular weight excluding hydrogens is 336 g/mol. The first-order valence-electron chi connectivity index (χ1n) is 7.77. The average Bonchev–Trinajstić information content (AvgIpc) is 2.65. The summed E-state index contributed by atoms with van der Waals surface area (Å²) in [5.74, 6) is -0.0430. The number of ether oxygens (including phenoxy) is 2. The van der Waals surface area contributed by atoms with E-state index in [1.54, 1.807) is 6.08 Å². The van der Waals surface area contributed by atoms with Gasteiger partial charge in [-0.05, 0) is 23.8 Å². The Balaban J connectivity index is 2.34. The molecule has 0 saturated carbocycles. The summed E-state index contributed by atoms with van der Waals surface area (Å²) in [4.78, 5) is 25.1. The van der Waals surface area contributed by atoms with Crippen LogP contribution in [-0.4, -0.2) is 39.0 Å². The number of rotatable bonds is 7. The third kappa shape index (κ3) is 4.18. The summed E-state index contributed by atoms with van der Waals surface area (Å²) in [6.07, 6.45) is 2.92. The maximum atomic E-state index is 12.5. The van der Waals surface area contributed by atoms with Gasteiger partial charge in [-0.15, -0.1) is 0 Å². The lowest BCUT2D eigenvalue weighted by atomic mass is 10.1. The molecule has 0 aromatic heterocycles. The monoisotopic (exact) mass is 356 g/mol. The Morgan fingerprint density at radius 3 is 2.15 bits per heavy atom. The molecule has 0 aliphatic carbocycles. The van der Waals surface area contributed by atoms with Crippen LogP contribution in [0.2, 0.25) is 0 Å². The van der Waals surface area contributed by atoms with E-state index in [1.165, 1.54) is 32.4 Å². The Bertz CT molecular complexity index is 842. The molecule has 0 aliphatic rings. The van der Waals surface area contributed by atoms with Crippen LogP contribution in [0.5, 0.6) is 11.5 Å². The van der Waals surface area contributed by atoms with Gasteiger partial charge in [-0.3, -0.25) is 14.9 Å². The van der Waals surface area contributed by atoms with Gasteiger partial charge >= 0.3 is 0 Å². The van der Waals surface area contributed by atoms with E-state index in [0.717, 1.165) is 11.3 Å². The standard InChI is InChI=1S/C19H20N2O5/c1-20(2)14-8-5-13(6-9-14)7-10-17(22)15-11-18(25-3)19(26-4)12-16(15)21(23)24/h5-12H,1-4H3/b10-7+. The highest BCUT2D eigenvalue weighted by Gasteiger charge is 2.23. The lowest BCUT2D eigenvalue weighted by Gasteiger charge is -2.11. The molecule has 136 valence electrons. The van der Waals surface area contributed by atoms with Crippen LogP contribution in [0.25, 0.3) is 6.08 Å². The fourth-order valence-electron chi connectivity index (χ4n) is 2.36. The van der Waals surface area contributed by atoms with Gasteiger partial charge in [-0.25, -0.2) is 0 Å². The van der Waals surface area contributed by atoms with Crippen molar-refractivity contribution >= 4 is 23.2 Å². The van der Waals surface area contributed by atoms with Gasteiger partial charge in [0.05, 0.1) is 25.2 Å². The van der Waals surface area contributed by atoms with Gasteiger partial charge in [0, 0.05) is 25.8 Å². The van der Waals surface area contributed by atoms with Gasteiger partial charge in [0.1, 0.15) is 5.56 Å². The zero-order valence-corrected chi connectivity index (χ0v) is 15.1. The summed E-state index contributed by atoms with van der Waals surface area (Å²) < 4.78 is 10.2. The number of nitrogens with zero attached hydrogens (tertiary/aromatic N) is 2. The predicted molar refractivity (Wildman–Crippen MR) is 100 cm³/mol. The zero-order valence-electron chi connectivity index (χ0n) is 15.1. The highest BCUT2D eigenvalue weighted by Crippen LogP contribution is 2.34. The molecule has 7 nitrogen and oxygen atoms in total. The molecular formula is C19H20N2O5. The number of ketones is 1. The second-order valence-corrected chi connectivity index (χ2v) is 5.66. The summed E-state index contributed by atoms with van der Waals surface area (Å²) in [6.45, 7) is 0. The Morgan fingerprint density at radius 1 is 1.08 bits per heavy atom. The average molecular weight is 356 g/mol. The maximum Gasteiger partial charge on any atom is 0.284 e. The third-order valence-electron chi connectivity index (χ3n) is 3.80. The molecule has 2 rings (SSSR count). The van der Waals surface area contributed by atoms with Crippen molar-refractivity contribution in [1.82, 2.24) is 0 Å². The first kappa shape index (κ1) is 19.0. The van der Waals surface area contributed by atoms with Crippen LogP contribution in [0.4, 0.5) is 11.4 Å². The van der Waals surface area contributed by atoms with Crippen molar-refractivity contribution < 1.29 is 19.2 Å². The molecule has 2 aromatic rings.